The van der Waals surface area contributed by atoms with E-state index in [1.165, 1.54) is 4.90 Å². The summed E-state index contributed by atoms with van der Waals surface area (Å²) in [6, 6.07) is 13.1. The first-order chi connectivity index (χ1) is 13.5. The third kappa shape index (κ3) is 3.53. The molecule has 4 rings (SSSR count). The fourth-order valence-electron chi connectivity index (χ4n) is 3.41. The van der Waals surface area contributed by atoms with Gasteiger partial charge in [-0.25, -0.2) is 0 Å². The zero-order chi connectivity index (χ0) is 19.7. The average molecular weight is 400 g/mol. The second kappa shape index (κ2) is 7.52. The highest BCUT2D eigenvalue weighted by Crippen LogP contribution is 2.28. The van der Waals surface area contributed by atoms with E-state index in [0.717, 1.165) is 0 Å². The van der Waals surface area contributed by atoms with Gasteiger partial charge in [-0.05, 0) is 30.3 Å². The highest BCUT2D eigenvalue weighted by atomic mass is 35.5. The number of anilines is 1. The Hall–Kier alpha value is -3.06. The summed E-state index contributed by atoms with van der Waals surface area (Å²) in [5, 5.41) is 3.19. The molecule has 2 heterocycles. The van der Waals surface area contributed by atoms with Crippen LogP contribution in [-0.2, 0) is 9.59 Å². The van der Waals surface area contributed by atoms with Crippen molar-refractivity contribution in [1.29, 1.82) is 0 Å². The van der Waals surface area contributed by atoms with Crippen LogP contribution in [0.25, 0.3) is 0 Å². The van der Waals surface area contributed by atoms with Gasteiger partial charge in [0.05, 0.1) is 17.8 Å². The maximum Gasteiger partial charge on any atom is 0.260 e. The molecule has 0 aromatic heterocycles. The molecule has 1 N–H and O–H groups in total. The number of para-hydroxylation sites is 1. The Balaban J connectivity index is 1.47. The minimum absolute atomic E-state index is 0.121. The van der Waals surface area contributed by atoms with E-state index in [9.17, 15) is 14.4 Å². The molecule has 1 atom stereocenters. The molecule has 144 valence electrons. The number of hydrogen-bond acceptors (Lipinski definition) is 4. The summed E-state index contributed by atoms with van der Waals surface area (Å²) in [6.07, 6.45) is 0. The van der Waals surface area contributed by atoms with Crippen LogP contribution in [0.4, 0.5) is 5.69 Å². The van der Waals surface area contributed by atoms with E-state index in [4.69, 9.17) is 16.3 Å². The molecule has 7 nitrogen and oxygen atoms in total. The lowest BCUT2D eigenvalue weighted by Gasteiger charge is -2.39. The van der Waals surface area contributed by atoms with Gasteiger partial charge in [-0.2, -0.15) is 0 Å². The van der Waals surface area contributed by atoms with Crippen LogP contribution in [0.15, 0.2) is 48.5 Å². The van der Waals surface area contributed by atoms with Gasteiger partial charge in [0.2, 0.25) is 5.91 Å². The number of halogens is 1. The molecular formula is C20H18ClN3O4. The van der Waals surface area contributed by atoms with Crippen LogP contribution in [0.1, 0.15) is 10.4 Å². The molecule has 2 aliphatic heterocycles. The first-order valence-corrected chi connectivity index (χ1v) is 9.28. The average Bonchev–Trinajstić information content (AvgIpc) is 2.81. The van der Waals surface area contributed by atoms with Gasteiger partial charge in [-0.1, -0.05) is 29.8 Å². The quantitative estimate of drug-likeness (QED) is 0.856. The van der Waals surface area contributed by atoms with Crippen molar-refractivity contribution in [1.82, 2.24) is 9.80 Å². The third-order valence-corrected chi connectivity index (χ3v) is 5.11. The number of benzene rings is 2. The number of carbonyl (C=O) groups is 3. The predicted octanol–water partition coefficient (Wildman–Crippen LogP) is 2.02. The molecule has 8 heteroatoms. The predicted molar refractivity (Wildman–Crippen MR) is 103 cm³/mol. The van der Waals surface area contributed by atoms with Crippen molar-refractivity contribution in [3.8, 4) is 5.75 Å². The monoisotopic (exact) mass is 399 g/mol. The number of nitrogens with one attached hydrogen (secondary N) is 1. The van der Waals surface area contributed by atoms with Crippen molar-refractivity contribution < 1.29 is 19.1 Å². The van der Waals surface area contributed by atoms with Crippen LogP contribution < -0.4 is 10.1 Å². The molecule has 1 saturated heterocycles. The van der Waals surface area contributed by atoms with E-state index in [1.54, 1.807) is 35.2 Å². The summed E-state index contributed by atoms with van der Waals surface area (Å²) in [6.45, 7) is 0.615. The minimum Gasteiger partial charge on any atom is -0.484 e. The number of ether oxygens (including phenoxy) is 1. The number of fused-ring (bicyclic) bond motifs is 2. The molecule has 1 unspecified atom stereocenters. The van der Waals surface area contributed by atoms with Crippen molar-refractivity contribution in [2.24, 2.45) is 0 Å². The molecule has 1 fully saturated rings. The number of nitrogens with zero attached hydrogens (tertiary/aromatic N) is 2. The van der Waals surface area contributed by atoms with Crippen LogP contribution in [0, 0.1) is 0 Å². The standard InChI is InChI=1S/C20H18ClN3O4/c21-13-6-7-15-16(10-13)22-19(26)17-11-23(8-9-24(17)20(15)27)18(25)12-28-14-4-2-1-3-5-14/h1-7,10,17H,8-9,11-12H2,(H,22,26). The minimum atomic E-state index is -0.756. The Bertz CT molecular complexity index is 934. The lowest BCUT2D eigenvalue weighted by atomic mass is 10.1. The Morgan fingerprint density at radius 1 is 1.14 bits per heavy atom. The lowest BCUT2D eigenvalue weighted by molar-refractivity contribution is -0.137. The van der Waals surface area contributed by atoms with Gasteiger partial charge in [0, 0.05) is 18.1 Å². The molecule has 28 heavy (non-hydrogen) atoms. The third-order valence-electron chi connectivity index (χ3n) is 4.87. The fourth-order valence-corrected chi connectivity index (χ4v) is 3.58. The highest BCUT2D eigenvalue weighted by molar-refractivity contribution is 6.31. The molecule has 2 aromatic rings. The van der Waals surface area contributed by atoms with E-state index < -0.39 is 6.04 Å². The number of piperazine rings is 1. The molecular weight excluding hydrogens is 382 g/mol. The topological polar surface area (TPSA) is 79.0 Å². The van der Waals surface area contributed by atoms with E-state index in [1.807, 2.05) is 18.2 Å². The number of carbonyl (C=O) groups excluding carboxylic acids is 3. The molecule has 0 aliphatic carbocycles. The van der Waals surface area contributed by atoms with Gasteiger partial charge in [-0.3, -0.25) is 14.4 Å². The van der Waals surface area contributed by atoms with Crippen LogP contribution >= 0.6 is 11.6 Å². The van der Waals surface area contributed by atoms with E-state index >= 15 is 0 Å². The molecule has 0 spiro atoms. The number of hydrogen-bond donors (Lipinski definition) is 1. The van der Waals surface area contributed by atoms with Gasteiger partial charge in [0.25, 0.3) is 11.8 Å². The summed E-state index contributed by atoms with van der Waals surface area (Å²) in [5.74, 6) is -0.212. The largest absolute Gasteiger partial charge is 0.484 e. The van der Waals surface area contributed by atoms with Crippen molar-refractivity contribution in [3.63, 3.8) is 0 Å². The zero-order valence-electron chi connectivity index (χ0n) is 14.9. The van der Waals surface area contributed by atoms with Gasteiger partial charge in [0.15, 0.2) is 6.61 Å². The van der Waals surface area contributed by atoms with Crippen LogP contribution in [0.5, 0.6) is 5.75 Å². The van der Waals surface area contributed by atoms with Crippen molar-refractivity contribution in [2.75, 3.05) is 31.6 Å². The van der Waals surface area contributed by atoms with Gasteiger partial charge < -0.3 is 19.9 Å². The molecule has 2 aliphatic rings. The first-order valence-electron chi connectivity index (χ1n) is 8.90. The maximum atomic E-state index is 12.9. The Labute approximate surface area is 166 Å². The van der Waals surface area contributed by atoms with Crippen molar-refractivity contribution in [3.05, 3.63) is 59.1 Å². The summed E-state index contributed by atoms with van der Waals surface area (Å²) >= 11 is 5.99. The normalized spacial score (nSPS) is 18.7. The Morgan fingerprint density at radius 2 is 1.93 bits per heavy atom. The van der Waals surface area contributed by atoms with Crippen LogP contribution in [0.3, 0.4) is 0 Å². The lowest BCUT2D eigenvalue weighted by Crippen LogP contribution is -2.60. The van der Waals surface area contributed by atoms with E-state index in [2.05, 4.69) is 5.32 Å². The second-order valence-corrected chi connectivity index (χ2v) is 7.07. The molecule has 0 radical (unpaired) electrons. The second-order valence-electron chi connectivity index (χ2n) is 6.63. The Kier molecular flexibility index (Phi) is 4.92. The van der Waals surface area contributed by atoms with E-state index in [-0.39, 0.29) is 37.4 Å². The molecule has 3 amide bonds. The summed E-state index contributed by atoms with van der Waals surface area (Å²) in [4.78, 5) is 41.2. The number of rotatable bonds is 3. The number of amides is 3. The van der Waals surface area contributed by atoms with Gasteiger partial charge in [-0.15, -0.1) is 0 Å². The fraction of sp³-hybridized carbons (Fsp3) is 0.250. The van der Waals surface area contributed by atoms with Gasteiger partial charge in [0.1, 0.15) is 11.8 Å². The van der Waals surface area contributed by atoms with Crippen molar-refractivity contribution >= 4 is 35.0 Å². The van der Waals surface area contributed by atoms with E-state index in [0.29, 0.717) is 28.6 Å². The maximum absolute atomic E-state index is 12.9. The van der Waals surface area contributed by atoms with Crippen LogP contribution in [-0.4, -0.2) is 59.8 Å². The Morgan fingerprint density at radius 3 is 2.71 bits per heavy atom. The highest BCUT2D eigenvalue weighted by Gasteiger charge is 2.40. The summed E-state index contributed by atoms with van der Waals surface area (Å²) in [5.41, 5.74) is 0.787. The molecule has 0 saturated carbocycles. The summed E-state index contributed by atoms with van der Waals surface area (Å²) in [7, 11) is 0. The SMILES string of the molecule is O=C1Nc2cc(Cl)ccc2C(=O)N2CCN(C(=O)COc3ccccc3)CC12. The molecule has 2 aromatic carbocycles. The summed E-state index contributed by atoms with van der Waals surface area (Å²) < 4.78 is 5.51. The smallest absolute Gasteiger partial charge is 0.260 e. The molecule has 0 bridgehead atoms. The van der Waals surface area contributed by atoms with Gasteiger partial charge >= 0.3 is 0 Å². The zero-order valence-corrected chi connectivity index (χ0v) is 15.7. The van der Waals surface area contributed by atoms with Crippen LogP contribution in [0.2, 0.25) is 5.02 Å². The first kappa shape index (κ1) is 18.3. The van der Waals surface area contributed by atoms with Crippen molar-refractivity contribution in [2.45, 2.75) is 6.04 Å².